The van der Waals surface area contributed by atoms with Crippen LogP contribution in [-0.2, 0) is 0 Å². The molecule has 0 bridgehead atoms. The van der Waals surface area contributed by atoms with Crippen LogP contribution in [0, 0.1) is 0 Å². The van der Waals surface area contributed by atoms with Crippen LogP contribution in [0.5, 0.6) is 0 Å². The fourth-order valence-electron chi connectivity index (χ4n) is 0. The van der Waals surface area contributed by atoms with Crippen LogP contribution < -0.4 is 0 Å². The second-order valence-corrected chi connectivity index (χ2v) is 0.575. The number of halogens is 3. The summed E-state index contributed by atoms with van der Waals surface area (Å²) in [4.78, 5) is 0. The van der Waals surface area contributed by atoms with Gasteiger partial charge in [0.05, 0.1) is 0 Å². The molecule has 5 heavy (non-hydrogen) atoms. The number of rotatable bonds is 0. The van der Waals surface area contributed by atoms with E-state index in [-0.39, 0.29) is 18.9 Å². The molecule has 0 aliphatic heterocycles. The van der Waals surface area contributed by atoms with E-state index in [9.17, 15) is 12.6 Å². The molecule has 1 radical (unpaired) electrons. The normalized spacial score (nSPS) is 7.20. The summed E-state index contributed by atoms with van der Waals surface area (Å²) < 4.78 is 29.2. The van der Waals surface area contributed by atoms with Gasteiger partial charge in [0.2, 0.25) is 0 Å². The van der Waals surface area contributed by atoms with Crippen LogP contribution in [0.3, 0.4) is 0 Å². The minimum Gasteiger partial charge on any atom is -0.152 e. The second kappa shape index (κ2) is 4.82. The molecule has 5 heteroatoms. The van der Waals surface area contributed by atoms with Gasteiger partial charge in [-0.2, -0.15) is 12.6 Å². The predicted molar refractivity (Wildman–Crippen MR) is 16.0 cm³/mol. The standard InChI is InChI=1S/F3P.Li/c1-4(2)3;. The van der Waals surface area contributed by atoms with Crippen molar-refractivity contribution in [1.82, 2.24) is 0 Å². The molecule has 0 aromatic rings. The Labute approximate surface area is 41.0 Å². The van der Waals surface area contributed by atoms with Crippen molar-refractivity contribution in [2.75, 3.05) is 0 Å². The minimum atomic E-state index is -4.12. The summed E-state index contributed by atoms with van der Waals surface area (Å²) >= 11 is 0. The summed E-state index contributed by atoms with van der Waals surface area (Å²) in [6, 6.07) is 0. The Hall–Kier alpha value is 0.817. The third-order valence-corrected chi connectivity index (χ3v) is 0. The summed E-state index contributed by atoms with van der Waals surface area (Å²) in [7, 11) is -4.12. The fraction of sp³-hybridized carbons (Fsp3) is 0. The summed E-state index contributed by atoms with van der Waals surface area (Å²) in [5, 5.41) is 0. The van der Waals surface area contributed by atoms with E-state index in [0.29, 0.717) is 0 Å². The first-order chi connectivity index (χ1) is 1.73. The van der Waals surface area contributed by atoms with E-state index in [1.54, 1.807) is 0 Å². The van der Waals surface area contributed by atoms with Gasteiger partial charge in [0.1, 0.15) is 0 Å². The molecule has 0 nitrogen and oxygen atoms in total. The zero-order valence-electron chi connectivity index (χ0n) is 2.58. The molecule has 0 rings (SSSR count). The van der Waals surface area contributed by atoms with Gasteiger partial charge in [-0.15, -0.1) is 0 Å². The van der Waals surface area contributed by atoms with Crippen LogP contribution in [0.4, 0.5) is 12.6 Å². The van der Waals surface area contributed by atoms with Gasteiger partial charge >= 0.3 is 8.85 Å². The maximum atomic E-state index is 9.73. The Bertz CT molecular complexity index is 11.6. The van der Waals surface area contributed by atoms with Crippen molar-refractivity contribution in [3.05, 3.63) is 0 Å². The molecule has 0 atom stereocenters. The number of hydrogen-bond donors (Lipinski definition) is 0. The van der Waals surface area contributed by atoms with Crippen molar-refractivity contribution in [2.45, 2.75) is 0 Å². The maximum Gasteiger partial charge on any atom is 0.456 e. The Kier molecular flexibility index (Phi) is 8.93. The molecular weight excluding hydrogens is 94.9 g/mol. The monoisotopic (exact) mass is 95.0 g/mol. The minimum absolute atomic E-state index is 0. The molecule has 0 saturated carbocycles. The van der Waals surface area contributed by atoms with E-state index in [0.717, 1.165) is 0 Å². The molecule has 0 aliphatic carbocycles. The van der Waals surface area contributed by atoms with Crippen molar-refractivity contribution < 1.29 is 12.6 Å². The topological polar surface area (TPSA) is 0 Å². The molecule has 0 unspecified atom stereocenters. The zero-order valence-corrected chi connectivity index (χ0v) is 3.48. The largest absolute Gasteiger partial charge is 0.456 e. The summed E-state index contributed by atoms with van der Waals surface area (Å²) in [5.74, 6) is 0. The molecule has 0 aromatic heterocycles. The van der Waals surface area contributed by atoms with Crippen LogP contribution in [0.2, 0.25) is 0 Å². The van der Waals surface area contributed by atoms with Gasteiger partial charge in [-0.3, -0.25) is 0 Å². The average molecular weight is 94.9 g/mol. The molecule has 0 amide bonds. The first-order valence-electron chi connectivity index (χ1n) is 0.507. The molecule has 27 valence electrons. The van der Waals surface area contributed by atoms with Crippen LogP contribution in [0.15, 0.2) is 0 Å². The van der Waals surface area contributed by atoms with Gasteiger partial charge in [0.25, 0.3) is 0 Å². The van der Waals surface area contributed by atoms with Crippen molar-refractivity contribution in [3.63, 3.8) is 0 Å². The van der Waals surface area contributed by atoms with Crippen LogP contribution in [0.1, 0.15) is 0 Å². The Morgan fingerprint density at radius 2 is 1.00 bits per heavy atom. The molecular formula is F3LiP. The van der Waals surface area contributed by atoms with Crippen LogP contribution in [-0.4, -0.2) is 18.9 Å². The van der Waals surface area contributed by atoms with E-state index >= 15 is 0 Å². The molecule has 0 N–H and O–H groups in total. The van der Waals surface area contributed by atoms with Crippen molar-refractivity contribution >= 4 is 27.7 Å². The van der Waals surface area contributed by atoms with Crippen molar-refractivity contribution in [3.8, 4) is 0 Å². The van der Waals surface area contributed by atoms with Gasteiger partial charge < -0.3 is 0 Å². The van der Waals surface area contributed by atoms with Gasteiger partial charge in [0.15, 0.2) is 0 Å². The first-order valence-corrected chi connectivity index (χ1v) is 1.52. The molecule has 0 aliphatic rings. The predicted octanol–water partition coefficient (Wildman–Crippen LogP) is 1.74. The van der Waals surface area contributed by atoms with Crippen LogP contribution in [0.25, 0.3) is 0 Å². The van der Waals surface area contributed by atoms with Gasteiger partial charge in [-0.05, 0) is 0 Å². The van der Waals surface area contributed by atoms with E-state index in [1.165, 1.54) is 0 Å². The Balaban J connectivity index is 0. The first kappa shape index (κ1) is 9.26. The molecule has 0 heterocycles. The molecule has 0 fully saturated rings. The fourth-order valence-corrected chi connectivity index (χ4v) is 0. The molecule has 0 saturated heterocycles. The van der Waals surface area contributed by atoms with Crippen LogP contribution >= 0.6 is 8.85 Å². The number of hydrogen-bond acceptors (Lipinski definition) is 0. The van der Waals surface area contributed by atoms with Crippen molar-refractivity contribution in [1.29, 1.82) is 0 Å². The van der Waals surface area contributed by atoms with E-state index in [2.05, 4.69) is 0 Å². The molecule has 0 aromatic carbocycles. The van der Waals surface area contributed by atoms with E-state index < -0.39 is 8.85 Å². The van der Waals surface area contributed by atoms with Gasteiger partial charge in [-0.25, -0.2) is 0 Å². The summed E-state index contributed by atoms with van der Waals surface area (Å²) in [6.45, 7) is 0. The smallest absolute Gasteiger partial charge is 0.152 e. The van der Waals surface area contributed by atoms with E-state index in [1.807, 2.05) is 0 Å². The average Bonchev–Trinajstić information content (AvgIpc) is 0.811. The Morgan fingerprint density at radius 1 is 1.00 bits per heavy atom. The zero-order chi connectivity index (χ0) is 3.58. The summed E-state index contributed by atoms with van der Waals surface area (Å²) in [5.41, 5.74) is 0. The SMILES string of the molecule is FP(F)F.[Li]. The third-order valence-electron chi connectivity index (χ3n) is 0. The summed E-state index contributed by atoms with van der Waals surface area (Å²) in [6.07, 6.45) is 0. The van der Waals surface area contributed by atoms with Crippen molar-refractivity contribution in [2.24, 2.45) is 0 Å². The third kappa shape index (κ3) is 57.2. The Morgan fingerprint density at radius 3 is 1.00 bits per heavy atom. The van der Waals surface area contributed by atoms with Gasteiger partial charge in [0, 0.05) is 18.9 Å². The second-order valence-electron chi connectivity index (χ2n) is 0.192. The van der Waals surface area contributed by atoms with E-state index in [4.69, 9.17) is 0 Å². The quantitative estimate of drug-likeness (QED) is 0.317. The maximum absolute atomic E-state index is 9.73. The molecule has 0 spiro atoms. The van der Waals surface area contributed by atoms with Gasteiger partial charge in [-0.1, -0.05) is 0 Å².